The molecule has 2 saturated heterocycles. The van der Waals surface area contributed by atoms with Gasteiger partial charge in [0.05, 0.1) is 0 Å². The van der Waals surface area contributed by atoms with Gasteiger partial charge in [0, 0.05) is 25.8 Å². The maximum atomic E-state index is 12.5. The molecule has 0 aromatic carbocycles. The Labute approximate surface area is 126 Å². The van der Waals surface area contributed by atoms with Crippen LogP contribution >= 0.6 is 0 Å². The van der Waals surface area contributed by atoms with Crippen LogP contribution in [-0.2, 0) is 17.5 Å². The Morgan fingerprint density at radius 3 is 2.59 bits per heavy atom. The number of likely N-dealkylation sites (tertiary alicyclic amines) is 1. The first-order chi connectivity index (χ1) is 10.4. The highest BCUT2D eigenvalue weighted by Gasteiger charge is 2.38. The summed E-state index contributed by atoms with van der Waals surface area (Å²) >= 11 is 0. The number of nitrogens with zero attached hydrogens (tertiary/aromatic N) is 3. The number of halogens is 3. The number of hydrogen-bond acceptors (Lipinski definition) is 3. The van der Waals surface area contributed by atoms with Crippen LogP contribution in [0.5, 0.6) is 0 Å². The first-order valence-electron chi connectivity index (χ1n) is 7.47. The molecule has 0 bridgehead atoms. The lowest BCUT2D eigenvalue weighted by Crippen LogP contribution is -2.45. The lowest BCUT2D eigenvalue weighted by Gasteiger charge is -2.38. The van der Waals surface area contributed by atoms with E-state index in [4.69, 9.17) is 0 Å². The van der Waals surface area contributed by atoms with Crippen molar-refractivity contribution in [1.29, 1.82) is 0 Å². The quantitative estimate of drug-likeness (QED) is 0.900. The Balaban J connectivity index is 1.55. The maximum Gasteiger partial charge on any atom is 0.435 e. The fourth-order valence-electron chi connectivity index (χ4n) is 3.29. The fraction of sp³-hybridized carbons (Fsp3) is 0.714. The van der Waals surface area contributed by atoms with E-state index < -0.39 is 11.9 Å². The van der Waals surface area contributed by atoms with Crippen LogP contribution < -0.4 is 5.32 Å². The molecule has 2 fully saturated rings. The van der Waals surface area contributed by atoms with E-state index in [-0.39, 0.29) is 12.5 Å². The van der Waals surface area contributed by atoms with Gasteiger partial charge >= 0.3 is 6.18 Å². The zero-order valence-corrected chi connectivity index (χ0v) is 12.2. The zero-order valence-electron chi connectivity index (χ0n) is 12.2. The van der Waals surface area contributed by atoms with Crippen molar-refractivity contribution in [3.8, 4) is 0 Å². The molecule has 2 aliphatic heterocycles. The number of nitrogens with one attached hydrogen (secondary N) is 1. The van der Waals surface area contributed by atoms with E-state index in [0.29, 0.717) is 18.5 Å². The topological polar surface area (TPSA) is 50.2 Å². The number of piperidine rings is 1. The van der Waals surface area contributed by atoms with Gasteiger partial charge in [0.2, 0.25) is 5.91 Å². The van der Waals surface area contributed by atoms with Crippen LogP contribution in [0.4, 0.5) is 13.2 Å². The molecule has 0 atom stereocenters. The second-order valence-corrected chi connectivity index (χ2v) is 6.20. The molecular weight excluding hydrogens is 297 g/mol. The summed E-state index contributed by atoms with van der Waals surface area (Å²) in [6.45, 7) is 3.24. The van der Waals surface area contributed by atoms with Crippen molar-refractivity contribution >= 4 is 5.91 Å². The maximum absolute atomic E-state index is 12.5. The molecule has 3 heterocycles. The lowest BCUT2D eigenvalue weighted by molar-refractivity contribution is -0.142. The van der Waals surface area contributed by atoms with Gasteiger partial charge < -0.3 is 10.2 Å². The van der Waals surface area contributed by atoms with Crippen molar-refractivity contribution in [3.05, 3.63) is 18.0 Å². The number of rotatable bonds is 2. The summed E-state index contributed by atoms with van der Waals surface area (Å²) in [6.07, 6.45) is -0.214. The van der Waals surface area contributed by atoms with Gasteiger partial charge in [-0.1, -0.05) is 0 Å². The van der Waals surface area contributed by atoms with Crippen LogP contribution in [0.25, 0.3) is 0 Å². The molecule has 22 heavy (non-hydrogen) atoms. The molecule has 0 aliphatic carbocycles. The van der Waals surface area contributed by atoms with E-state index in [1.807, 2.05) is 0 Å². The van der Waals surface area contributed by atoms with Crippen LogP contribution in [0.3, 0.4) is 0 Å². The third kappa shape index (κ3) is 3.11. The van der Waals surface area contributed by atoms with Crippen LogP contribution in [0, 0.1) is 5.41 Å². The number of alkyl halides is 3. The molecule has 122 valence electrons. The lowest BCUT2D eigenvalue weighted by atomic mass is 9.78. The Morgan fingerprint density at radius 1 is 1.32 bits per heavy atom. The monoisotopic (exact) mass is 316 g/mol. The zero-order chi connectivity index (χ0) is 15.8. The van der Waals surface area contributed by atoms with Gasteiger partial charge in [0.1, 0.15) is 6.54 Å². The second kappa shape index (κ2) is 5.57. The van der Waals surface area contributed by atoms with Gasteiger partial charge in [-0.25, -0.2) is 0 Å². The minimum Gasteiger partial charge on any atom is -0.341 e. The van der Waals surface area contributed by atoms with Crippen LogP contribution in [0.1, 0.15) is 25.0 Å². The van der Waals surface area contributed by atoms with Crippen molar-refractivity contribution < 1.29 is 18.0 Å². The van der Waals surface area contributed by atoms with Gasteiger partial charge in [-0.15, -0.1) is 0 Å². The van der Waals surface area contributed by atoms with Crippen molar-refractivity contribution in [2.45, 2.75) is 32.0 Å². The predicted molar refractivity (Wildman–Crippen MR) is 73.0 cm³/mol. The van der Waals surface area contributed by atoms with Crippen LogP contribution in [-0.4, -0.2) is 46.8 Å². The van der Waals surface area contributed by atoms with E-state index in [9.17, 15) is 18.0 Å². The molecule has 2 aliphatic rings. The molecule has 8 heteroatoms. The van der Waals surface area contributed by atoms with Crippen molar-refractivity contribution in [2.24, 2.45) is 5.41 Å². The molecule has 1 N–H and O–H groups in total. The Bertz CT molecular complexity index is 539. The Morgan fingerprint density at radius 2 is 2.05 bits per heavy atom. The summed E-state index contributed by atoms with van der Waals surface area (Å²) in [5, 5.41) is 6.78. The summed E-state index contributed by atoms with van der Waals surface area (Å²) in [4.78, 5) is 13.9. The van der Waals surface area contributed by atoms with E-state index in [1.54, 1.807) is 4.90 Å². The normalized spacial score (nSPS) is 21.5. The first kappa shape index (κ1) is 15.3. The largest absolute Gasteiger partial charge is 0.435 e. The Hall–Kier alpha value is -1.57. The second-order valence-electron chi connectivity index (χ2n) is 6.20. The smallest absolute Gasteiger partial charge is 0.341 e. The molecule has 1 aromatic rings. The first-order valence-corrected chi connectivity index (χ1v) is 7.47. The molecule has 0 radical (unpaired) electrons. The molecule has 1 amide bonds. The number of aromatic nitrogens is 2. The third-order valence-corrected chi connectivity index (χ3v) is 4.74. The molecule has 5 nitrogen and oxygen atoms in total. The molecule has 1 aromatic heterocycles. The summed E-state index contributed by atoms with van der Waals surface area (Å²) in [5.74, 6) is -0.169. The summed E-state index contributed by atoms with van der Waals surface area (Å²) in [6, 6.07) is 0.892. The number of carbonyl (C=O) groups is 1. The van der Waals surface area contributed by atoms with E-state index in [0.717, 1.165) is 43.1 Å². The minimum absolute atomic E-state index is 0.138. The average Bonchev–Trinajstić information content (AvgIpc) is 3.09. The SMILES string of the molecule is O=C(Cn1ccc(C(F)(F)F)n1)N1CCC2(CCNC2)CC1. The predicted octanol–water partition coefficient (Wildman–Crippen LogP) is 1.50. The minimum atomic E-state index is -4.47. The fourth-order valence-corrected chi connectivity index (χ4v) is 3.29. The van der Waals surface area contributed by atoms with E-state index >= 15 is 0 Å². The van der Waals surface area contributed by atoms with Crippen molar-refractivity contribution in [3.63, 3.8) is 0 Å². The number of amides is 1. The van der Waals surface area contributed by atoms with Gasteiger partial charge in [-0.2, -0.15) is 18.3 Å². The molecule has 0 unspecified atom stereocenters. The van der Waals surface area contributed by atoms with Crippen molar-refractivity contribution in [1.82, 2.24) is 20.0 Å². The van der Waals surface area contributed by atoms with Gasteiger partial charge in [0.15, 0.2) is 5.69 Å². The van der Waals surface area contributed by atoms with E-state index in [1.165, 1.54) is 6.20 Å². The third-order valence-electron chi connectivity index (χ3n) is 4.74. The standard InChI is InChI=1S/C14H19F3N4O/c15-14(16,17)11-1-6-21(19-11)9-12(22)20-7-3-13(4-8-20)2-5-18-10-13/h1,6,18H,2-5,7-10H2. The van der Waals surface area contributed by atoms with Crippen molar-refractivity contribution in [2.75, 3.05) is 26.2 Å². The highest BCUT2D eigenvalue weighted by atomic mass is 19.4. The summed E-state index contributed by atoms with van der Waals surface area (Å²) in [7, 11) is 0. The Kier molecular flexibility index (Phi) is 3.88. The summed E-state index contributed by atoms with van der Waals surface area (Å²) < 4.78 is 38.5. The number of carbonyl (C=O) groups excluding carboxylic acids is 1. The average molecular weight is 316 g/mol. The van der Waals surface area contributed by atoms with Crippen LogP contribution in [0.15, 0.2) is 12.3 Å². The highest BCUT2D eigenvalue weighted by molar-refractivity contribution is 5.76. The van der Waals surface area contributed by atoms with Gasteiger partial charge in [0.25, 0.3) is 0 Å². The van der Waals surface area contributed by atoms with E-state index in [2.05, 4.69) is 10.4 Å². The number of hydrogen-bond donors (Lipinski definition) is 1. The summed E-state index contributed by atoms with van der Waals surface area (Å²) in [5.41, 5.74) is -0.652. The molecule has 0 saturated carbocycles. The molecule has 1 spiro atoms. The molecular formula is C14H19F3N4O. The van der Waals surface area contributed by atoms with Crippen LogP contribution in [0.2, 0.25) is 0 Å². The highest BCUT2D eigenvalue weighted by Crippen LogP contribution is 2.36. The molecule has 3 rings (SSSR count). The van der Waals surface area contributed by atoms with Gasteiger partial charge in [-0.3, -0.25) is 9.48 Å². The van der Waals surface area contributed by atoms with Gasteiger partial charge in [-0.05, 0) is 37.3 Å².